The molecule has 102 valence electrons. The van der Waals surface area contributed by atoms with E-state index in [1.54, 1.807) is 0 Å². The van der Waals surface area contributed by atoms with Crippen LogP contribution >= 0.6 is 23.2 Å². The van der Waals surface area contributed by atoms with Gasteiger partial charge in [0.05, 0.1) is 0 Å². The van der Waals surface area contributed by atoms with Gasteiger partial charge >= 0.3 is 0 Å². The molecule has 18 heavy (non-hydrogen) atoms. The molecule has 0 saturated heterocycles. The SMILES string of the molecule is CCN(CC)CCC(NC)c1cc(Cl)ccc1Cl. The number of hydrogen-bond acceptors (Lipinski definition) is 2. The zero-order valence-corrected chi connectivity index (χ0v) is 12.9. The molecule has 0 aliphatic rings. The standard InChI is InChI=1S/C14H22Cl2N2/c1-4-18(5-2)9-8-14(17-3)12-10-11(15)6-7-13(12)16/h6-7,10,14,17H,4-5,8-9H2,1-3H3. The van der Waals surface area contributed by atoms with Crippen LogP contribution in [0.3, 0.4) is 0 Å². The largest absolute Gasteiger partial charge is 0.313 e. The van der Waals surface area contributed by atoms with E-state index in [2.05, 4.69) is 24.1 Å². The maximum absolute atomic E-state index is 6.24. The summed E-state index contributed by atoms with van der Waals surface area (Å²) in [4.78, 5) is 2.41. The van der Waals surface area contributed by atoms with Gasteiger partial charge in [0, 0.05) is 16.1 Å². The van der Waals surface area contributed by atoms with E-state index in [-0.39, 0.29) is 6.04 Å². The van der Waals surface area contributed by atoms with Crippen LogP contribution < -0.4 is 5.32 Å². The van der Waals surface area contributed by atoms with Gasteiger partial charge in [-0.1, -0.05) is 37.0 Å². The monoisotopic (exact) mass is 288 g/mol. The van der Waals surface area contributed by atoms with Crippen molar-refractivity contribution in [2.75, 3.05) is 26.7 Å². The molecule has 0 spiro atoms. The van der Waals surface area contributed by atoms with Gasteiger partial charge < -0.3 is 10.2 Å². The maximum atomic E-state index is 6.24. The number of rotatable bonds is 7. The molecule has 0 radical (unpaired) electrons. The molecule has 0 aromatic heterocycles. The van der Waals surface area contributed by atoms with Gasteiger partial charge in [0.2, 0.25) is 0 Å². The lowest BCUT2D eigenvalue weighted by Crippen LogP contribution is -2.28. The van der Waals surface area contributed by atoms with Gasteiger partial charge in [-0.15, -0.1) is 0 Å². The second-order valence-electron chi connectivity index (χ2n) is 4.32. The predicted molar refractivity (Wildman–Crippen MR) is 80.7 cm³/mol. The molecule has 0 bridgehead atoms. The van der Waals surface area contributed by atoms with Crippen molar-refractivity contribution in [2.45, 2.75) is 26.3 Å². The molecule has 1 aromatic rings. The highest BCUT2D eigenvalue weighted by atomic mass is 35.5. The van der Waals surface area contributed by atoms with Crippen molar-refractivity contribution in [1.29, 1.82) is 0 Å². The topological polar surface area (TPSA) is 15.3 Å². The van der Waals surface area contributed by atoms with E-state index in [4.69, 9.17) is 23.2 Å². The van der Waals surface area contributed by atoms with Gasteiger partial charge in [0.1, 0.15) is 0 Å². The summed E-state index contributed by atoms with van der Waals surface area (Å²) in [5.41, 5.74) is 1.08. The summed E-state index contributed by atoms with van der Waals surface area (Å²) in [6.07, 6.45) is 1.03. The van der Waals surface area contributed by atoms with Gasteiger partial charge in [0.25, 0.3) is 0 Å². The maximum Gasteiger partial charge on any atom is 0.0454 e. The van der Waals surface area contributed by atoms with Crippen LogP contribution in [0.1, 0.15) is 31.9 Å². The normalized spacial score (nSPS) is 13.0. The van der Waals surface area contributed by atoms with E-state index in [1.807, 2.05) is 25.2 Å². The molecule has 4 heteroatoms. The highest BCUT2D eigenvalue weighted by molar-refractivity contribution is 6.33. The molecule has 0 aliphatic heterocycles. The smallest absolute Gasteiger partial charge is 0.0454 e. The number of nitrogens with zero attached hydrogens (tertiary/aromatic N) is 1. The van der Waals surface area contributed by atoms with E-state index >= 15 is 0 Å². The highest BCUT2D eigenvalue weighted by Gasteiger charge is 2.14. The zero-order valence-electron chi connectivity index (χ0n) is 11.3. The Bertz CT molecular complexity index is 365. The van der Waals surface area contributed by atoms with Crippen molar-refractivity contribution >= 4 is 23.2 Å². The predicted octanol–water partition coefficient (Wildman–Crippen LogP) is 3.99. The summed E-state index contributed by atoms with van der Waals surface area (Å²) < 4.78 is 0. The second kappa shape index (κ2) is 8.00. The first-order valence-electron chi connectivity index (χ1n) is 6.46. The van der Waals surface area contributed by atoms with Crippen molar-refractivity contribution in [2.24, 2.45) is 0 Å². The number of halogens is 2. The zero-order chi connectivity index (χ0) is 13.5. The van der Waals surface area contributed by atoms with E-state index in [0.29, 0.717) is 0 Å². The molecule has 0 amide bonds. The Morgan fingerprint density at radius 1 is 1.22 bits per heavy atom. The third-order valence-corrected chi connectivity index (χ3v) is 3.89. The van der Waals surface area contributed by atoms with Crippen LogP contribution in [0, 0.1) is 0 Å². The summed E-state index contributed by atoms with van der Waals surface area (Å²) in [6, 6.07) is 5.88. The Morgan fingerprint density at radius 2 is 1.89 bits per heavy atom. The third kappa shape index (κ3) is 4.43. The quantitative estimate of drug-likeness (QED) is 0.816. The van der Waals surface area contributed by atoms with Gasteiger partial charge in [-0.25, -0.2) is 0 Å². The van der Waals surface area contributed by atoms with Gasteiger partial charge in [0.15, 0.2) is 0 Å². The molecular formula is C14H22Cl2N2. The molecule has 0 heterocycles. The first-order valence-corrected chi connectivity index (χ1v) is 7.22. The lowest BCUT2D eigenvalue weighted by Gasteiger charge is -2.23. The third-order valence-electron chi connectivity index (χ3n) is 3.31. The molecule has 1 N–H and O–H groups in total. The molecule has 0 saturated carbocycles. The average Bonchev–Trinajstić information content (AvgIpc) is 2.38. The molecular weight excluding hydrogens is 267 g/mol. The van der Waals surface area contributed by atoms with E-state index in [9.17, 15) is 0 Å². The molecule has 0 aliphatic carbocycles. The fourth-order valence-electron chi connectivity index (χ4n) is 2.09. The lowest BCUT2D eigenvalue weighted by atomic mass is 10.0. The Labute approximate surface area is 120 Å². The lowest BCUT2D eigenvalue weighted by molar-refractivity contribution is 0.284. The first-order chi connectivity index (χ1) is 8.62. The fourth-order valence-corrected chi connectivity index (χ4v) is 2.52. The van der Waals surface area contributed by atoms with Crippen molar-refractivity contribution < 1.29 is 0 Å². The van der Waals surface area contributed by atoms with Gasteiger partial charge in [-0.3, -0.25) is 0 Å². The Hall–Kier alpha value is -0.280. The number of benzene rings is 1. The van der Waals surface area contributed by atoms with Crippen LogP contribution in [-0.2, 0) is 0 Å². The van der Waals surface area contributed by atoms with E-state index in [1.165, 1.54) is 0 Å². The number of nitrogens with one attached hydrogen (secondary N) is 1. The minimum Gasteiger partial charge on any atom is -0.313 e. The summed E-state index contributed by atoms with van der Waals surface area (Å²) in [6.45, 7) is 7.59. The summed E-state index contributed by atoms with van der Waals surface area (Å²) in [5, 5.41) is 4.83. The van der Waals surface area contributed by atoms with Crippen molar-refractivity contribution in [1.82, 2.24) is 10.2 Å². The molecule has 1 atom stereocenters. The molecule has 1 unspecified atom stereocenters. The van der Waals surface area contributed by atoms with Crippen molar-refractivity contribution in [3.05, 3.63) is 33.8 Å². The van der Waals surface area contributed by atoms with E-state index < -0.39 is 0 Å². The molecule has 0 fully saturated rings. The number of hydrogen-bond donors (Lipinski definition) is 1. The summed E-state index contributed by atoms with van der Waals surface area (Å²) in [5.74, 6) is 0. The van der Waals surface area contributed by atoms with Gasteiger partial charge in [-0.2, -0.15) is 0 Å². The molecule has 1 aromatic carbocycles. The summed E-state index contributed by atoms with van der Waals surface area (Å²) >= 11 is 12.3. The Balaban J connectivity index is 2.73. The molecule has 1 rings (SSSR count). The first kappa shape index (κ1) is 15.8. The minimum absolute atomic E-state index is 0.247. The van der Waals surface area contributed by atoms with Crippen LogP contribution in [0.15, 0.2) is 18.2 Å². The second-order valence-corrected chi connectivity index (χ2v) is 5.17. The highest BCUT2D eigenvalue weighted by Crippen LogP contribution is 2.28. The average molecular weight is 289 g/mol. The van der Waals surface area contributed by atoms with Crippen LogP contribution in [0.25, 0.3) is 0 Å². The van der Waals surface area contributed by atoms with Gasteiger partial charge in [-0.05, 0) is 56.9 Å². The van der Waals surface area contributed by atoms with Crippen molar-refractivity contribution in [3.63, 3.8) is 0 Å². The van der Waals surface area contributed by atoms with Crippen LogP contribution in [0.5, 0.6) is 0 Å². The fraction of sp³-hybridized carbons (Fsp3) is 0.571. The van der Waals surface area contributed by atoms with Crippen LogP contribution in [-0.4, -0.2) is 31.6 Å². The van der Waals surface area contributed by atoms with Crippen LogP contribution in [0.2, 0.25) is 10.0 Å². The Morgan fingerprint density at radius 3 is 2.44 bits per heavy atom. The molecule has 2 nitrogen and oxygen atoms in total. The minimum atomic E-state index is 0.247. The van der Waals surface area contributed by atoms with Crippen molar-refractivity contribution in [3.8, 4) is 0 Å². The van der Waals surface area contributed by atoms with Crippen LogP contribution in [0.4, 0.5) is 0 Å². The summed E-state index contributed by atoms with van der Waals surface area (Å²) in [7, 11) is 1.96. The Kier molecular flexibility index (Phi) is 7.02. The van der Waals surface area contributed by atoms with E-state index in [0.717, 1.165) is 41.7 Å².